The molecule has 15 heavy (non-hydrogen) atoms. The second-order valence-electron chi connectivity index (χ2n) is 2.99. The normalized spacial score (nSPS) is 11.9. The van der Waals surface area contributed by atoms with Gasteiger partial charge in [-0.25, -0.2) is 0 Å². The van der Waals surface area contributed by atoms with Crippen molar-refractivity contribution in [2.75, 3.05) is 0 Å². The van der Waals surface area contributed by atoms with Crippen LogP contribution in [0.25, 0.3) is 0 Å². The van der Waals surface area contributed by atoms with E-state index in [1.54, 1.807) is 18.2 Å². The molecule has 4 nitrogen and oxygen atoms in total. The summed E-state index contributed by atoms with van der Waals surface area (Å²) in [5, 5.41) is 12.9. The lowest BCUT2D eigenvalue weighted by molar-refractivity contribution is -0.307. The fraction of sp³-hybridized carbons (Fsp3) is 0.200. The Morgan fingerprint density at radius 2 is 2.00 bits per heavy atom. The number of carbonyl (C=O) groups is 2. The van der Waals surface area contributed by atoms with Crippen molar-refractivity contribution in [1.82, 2.24) is 5.32 Å². The zero-order valence-corrected chi connectivity index (χ0v) is 8.75. The summed E-state index contributed by atoms with van der Waals surface area (Å²) >= 11 is 5.76. The number of rotatable bonds is 3. The predicted octanol–water partition coefficient (Wildman–Crippen LogP) is 0.208. The average molecular weight is 227 g/mol. The summed E-state index contributed by atoms with van der Waals surface area (Å²) in [5.74, 6) is -1.87. The van der Waals surface area contributed by atoms with Crippen LogP contribution in [0.1, 0.15) is 17.3 Å². The highest BCUT2D eigenvalue weighted by molar-refractivity contribution is 6.33. The SMILES string of the molecule is C[C@H](NC(=O)c1ccccc1Cl)C(=O)[O-]. The third-order valence-electron chi connectivity index (χ3n) is 1.82. The van der Waals surface area contributed by atoms with E-state index >= 15 is 0 Å². The number of carbonyl (C=O) groups excluding carboxylic acids is 2. The molecule has 1 aromatic rings. The minimum atomic E-state index is -1.34. The fourth-order valence-electron chi connectivity index (χ4n) is 0.979. The van der Waals surface area contributed by atoms with Gasteiger partial charge in [-0.15, -0.1) is 0 Å². The molecule has 1 aromatic carbocycles. The Kier molecular flexibility index (Phi) is 3.68. The molecule has 1 amide bonds. The molecule has 0 heterocycles. The summed E-state index contributed by atoms with van der Waals surface area (Å²) in [4.78, 5) is 21.9. The van der Waals surface area contributed by atoms with E-state index in [4.69, 9.17) is 11.6 Å². The summed E-state index contributed by atoms with van der Waals surface area (Å²) in [5.41, 5.74) is 0.243. The van der Waals surface area contributed by atoms with Gasteiger partial charge in [-0.3, -0.25) is 4.79 Å². The number of hydrogen-bond donors (Lipinski definition) is 1. The Hall–Kier alpha value is -1.55. The maximum Gasteiger partial charge on any atom is 0.253 e. The van der Waals surface area contributed by atoms with Gasteiger partial charge in [0, 0.05) is 0 Å². The number of hydrogen-bond acceptors (Lipinski definition) is 3. The molecule has 0 bridgehead atoms. The Morgan fingerprint density at radius 3 is 2.53 bits per heavy atom. The molecule has 0 fully saturated rings. The van der Waals surface area contributed by atoms with E-state index in [1.165, 1.54) is 13.0 Å². The van der Waals surface area contributed by atoms with Crippen LogP contribution in [-0.2, 0) is 4.79 Å². The largest absolute Gasteiger partial charge is 0.548 e. The van der Waals surface area contributed by atoms with Gasteiger partial charge in [-0.2, -0.15) is 0 Å². The second kappa shape index (κ2) is 4.79. The highest BCUT2D eigenvalue weighted by Gasteiger charge is 2.12. The van der Waals surface area contributed by atoms with Gasteiger partial charge in [-0.1, -0.05) is 23.7 Å². The first-order valence-corrected chi connectivity index (χ1v) is 4.66. The van der Waals surface area contributed by atoms with Gasteiger partial charge in [0.25, 0.3) is 5.91 Å². The van der Waals surface area contributed by atoms with Crippen molar-refractivity contribution < 1.29 is 14.7 Å². The molecule has 1 N–H and O–H groups in total. The smallest absolute Gasteiger partial charge is 0.253 e. The van der Waals surface area contributed by atoms with Gasteiger partial charge in [0.1, 0.15) is 0 Å². The van der Waals surface area contributed by atoms with E-state index in [-0.39, 0.29) is 10.6 Å². The van der Waals surface area contributed by atoms with Crippen LogP contribution >= 0.6 is 11.6 Å². The molecule has 0 aromatic heterocycles. The monoisotopic (exact) mass is 226 g/mol. The highest BCUT2D eigenvalue weighted by atomic mass is 35.5. The quantitative estimate of drug-likeness (QED) is 0.801. The first kappa shape index (κ1) is 11.5. The highest BCUT2D eigenvalue weighted by Crippen LogP contribution is 2.14. The van der Waals surface area contributed by atoms with Crippen LogP contribution < -0.4 is 10.4 Å². The lowest BCUT2D eigenvalue weighted by Gasteiger charge is -2.14. The van der Waals surface area contributed by atoms with Gasteiger partial charge in [0.2, 0.25) is 0 Å². The van der Waals surface area contributed by atoms with E-state index in [9.17, 15) is 14.7 Å². The number of aliphatic carboxylic acids is 1. The number of benzene rings is 1. The number of nitrogens with one attached hydrogen (secondary N) is 1. The predicted molar refractivity (Wildman–Crippen MR) is 53.4 cm³/mol. The van der Waals surface area contributed by atoms with Crippen LogP contribution in [0.3, 0.4) is 0 Å². The second-order valence-corrected chi connectivity index (χ2v) is 3.40. The van der Waals surface area contributed by atoms with Crippen LogP contribution in [-0.4, -0.2) is 17.9 Å². The molecule has 0 radical (unpaired) electrons. The summed E-state index contributed by atoms with van der Waals surface area (Å²) in [6.07, 6.45) is 0. The topological polar surface area (TPSA) is 69.2 Å². The third-order valence-corrected chi connectivity index (χ3v) is 2.15. The Morgan fingerprint density at radius 1 is 1.40 bits per heavy atom. The van der Waals surface area contributed by atoms with Crippen molar-refractivity contribution in [3.8, 4) is 0 Å². The molecule has 0 spiro atoms. The fourth-order valence-corrected chi connectivity index (χ4v) is 1.20. The van der Waals surface area contributed by atoms with Crippen LogP contribution in [0.4, 0.5) is 0 Å². The maximum atomic E-state index is 11.5. The van der Waals surface area contributed by atoms with E-state index in [2.05, 4.69) is 5.32 Å². The lowest BCUT2D eigenvalue weighted by atomic mass is 10.2. The Balaban J connectivity index is 2.78. The number of carboxylic acid groups (broad SMARTS) is 1. The molecule has 0 aliphatic heterocycles. The van der Waals surface area contributed by atoms with Crippen molar-refractivity contribution in [1.29, 1.82) is 0 Å². The van der Waals surface area contributed by atoms with Crippen molar-refractivity contribution in [3.05, 3.63) is 34.9 Å². The molecular formula is C10H9ClNO3-. The first-order valence-electron chi connectivity index (χ1n) is 4.28. The molecule has 0 aliphatic carbocycles. The van der Waals surface area contributed by atoms with Crippen molar-refractivity contribution >= 4 is 23.5 Å². The molecule has 0 saturated carbocycles. The summed E-state index contributed by atoms with van der Waals surface area (Å²) in [6.45, 7) is 1.32. The van der Waals surface area contributed by atoms with Gasteiger partial charge < -0.3 is 15.2 Å². The van der Waals surface area contributed by atoms with Gasteiger partial charge in [0.15, 0.2) is 0 Å². The van der Waals surface area contributed by atoms with Crippen LogP contribution in [0.5, 0.6) is 0 Å². The minimum absolute atomic E-state index is 0.243. The van der Waals surface area contributed by atoms with E-state index in [0.29, 0.717) is 0 Å². The zero-order chi connectivity index (χ0) is 11.4. The zero-order valence-electron chi connectivity index (χ0n) is 7.99. The molecule has 0 saturated heterocycles. The number of amides is 1. The van der Waals surface area contributed by atoms with E-state index in [1.807, 2.05) is 0 Å². The first-order chi connectivity index (χ1) is 7.02. The van der Waals surface area contributed by atoms with E-state index in [0.717, 1.165) is 0 Å². The number of carboxylic acids is 1. The molecular weight excluding hydrogens is 218 g/mol. The summed E-state index contributed by atoms with van der Waals surface area (Å²) < 4.78 is 0. The van der Waals surface area contributed by atoms with Crippen molar-refractivity contribution in [2.24, 2.45) is 0 Å². The molecule has 1 atom stereocenters. The lowest BCUT2D eigenvalue weighted by Crippen LogP contribution is -2.45. The average Bonchev–Trinajstić information content (AvgIpc) is 2.18. The van der Waals surface area contributed by atoms with Gasteiger partial charge in [0.05, 0.1) is 22.6 Å². The standard InChI is InChI=1S/C10H10ClNO3/c1-6(10(14)15)12-9(13)7-4-2-3-5-8(7)11/h2-6H,1H3,(H,12,13)(H,14,15)/p-1/t6-/m0/s1. The van der Waals surface area contributed by atoms with Crippen molar-refractivity contribution in [2.45, 2.75) is 13.0 Å². The third kappa shape index (κ3) is 2.95. The van der Waals surface area contributed by atoms with E-state index < -0.39 is 17.9 Å². The van der Waals surface area contributed by atoms with Gasteiger partial charge in [-0.05, 0) is 19.1 Å². The molecule has 0 unspecified atom stereocenters. The van der Waals surface area contributed by atoms with Crippen LogP contribution in [0, 0.1) is 0 Å². The Labute approximate surface area is 91.9 Å². The minimum Gasteiger partial charge on any atom is -0.548 e. The van der Waals surface area contributed by atoms with Crippen molar-refractivity contribution in [3.63, 3.8) is 0 Å². The maximum absolute atomic E-state index is 11.5. The molecule has 5 heteroatoms. The van der Waals surface area contributed by atoms with Crippen LogP contribution in [0.2, 0.25) is 5.02 Å². The molecule has 0 aliphatic rings. The Bertz CT molecular complexity index is 392. The van der Waals surface area contributed by atoms with Crippen LogP contribution in [0.15, 0.2) is 24.3 Å². The molecule has 1 rings (SSSR count). The summed E-state index contributed by atoms with van der Waals surface area (Å²) in [6, 6.07) is 5.35. The molecule has 80 valence electrons. The summed E-state index contributed by atoms with van der Waals surface area (Å²) in [7, 11) is 0. The van der Waals surface area contributed by atoms with Gasteiger partial charge >= 0.3 is 0 Å². The number of halogens is 1.